The van der Waals surface area contributed by atoms with Crippen molar-refractivity contribution in [2.75, 3.05) is 18.5 Å². The van der Waals surface area contributed by atoms with Crippen molar-refractivity contribution in [3.63, 3.8) is 0 Å². The average molecular weight is 427 g/mol. The molecule has 0 unspecified atom stereocenters. The number of carbonyl (C=O) groups excluding carboxylic acids is 2. The van der Waals surface area contributed by atoms with Crippen molar-refractivity contribution in [2.24, 2.45) is 0 Å². The van der Waals surface area contributed by atoms with Gasteiger partial charge in [-0.05, 0) is 61.7 Å². The van der Waals surface area contributed by atoms with Crippen molar-refractivity contribution in [1.29, 1.82) is 0 Å². The van der Waals surface area contributed by atoms with E-state index in [0.717, 1.165) is 28.1 Å². The molecule has 0 atom stereocenters. The molecule has 7 heteroatoms. The topological polar surface area (TPSA) is 58.6 Å². The Morgan fingerprint density at radius 3 is 2.62 bits per heavy atom. The molecule has 0 bridgehead atoms. The number of hydrogen-bond acceptors (Lipinski definition) is 5. The zero-order chi connectivity index (χ0) is 21.0. The molecule has 0 saturated carbocycles. The van der Waals surface area contributed by atoms with Gasteiger partial charge in [0, 0.05) is 5.69 Å². The van der Waals surface area contributed by atoms with Crippen molar-refractivity contribution in [3.05, 3.63) is 64.1 Å². The van der Waals surface area contributed by atoms with Crippen LogP contribution >= 0.6 is 24.0 Å². The zero-order valence-electron chi connectivity index (χ0n) is 16.5. The van der Waals surface area contributed by atoms with Crippen molar-refractivity contribution in [1.82, 2.24) is 4.90 Å². The molecule has 150 valence electrons. The van der Waals surface area contributed by atoms with Gasteiger partial charge in [-0.25, -0.2) is 0 Å². The van der Waals surface area contributed by atoms with E-state index in [9.17, 15) is 9.59 Å². The number of benzene rings is 2. The Morgan fingerprint density at radius 1 is 1.21 bits per heavy atom. The Hall–Kier alpha value is -2.64. The molecule has 1 saturated heterocycles. The first-order valence-electron chi connectivity index (χ1n) is 9.23. The van der Waals surface area contributed by atoms with Crippen molar-refractivity contribution in [3.8, 4) is 5.75 Å². The Bertz CT molecular complexity index is 984. The molecule has 0 spiro atoms. The van der Waals surface area contributed by atoms with Gasteiger partial charge in [0.2, 0.25) is 5.91 Å². The lowest BCUT2D eigenvalue weighted by atomic mass is 10.1. The number of amides is 2. The van der Waals surface area contributed by atoms with Crippen LogP contribution in [0.1, 0.15) is 23.6 Å². The quantitative estimate of drug-likeness (QED) is 0.543. The predicted molar refractivity (Wildman–Crippen MR) is 122 cm³/mol. The van der Waals surface area contributed by atoms with Gasteiger partial charge in [-0.15, -0.1) is 0 Å². The summed E-state index contributed by atoms with van der Waals surface area (Å²) < 4.78 is 5.81. The van der Waals surface area contributed by atoms with Crippen LogP contribution in [0.2, 0.25) is 0 Å². The number of thioether (sulfide) groups is 1. The first-order chi connectivity index (χ1) is 13.9. The van der Waals surface area contributed by atoms with E-state index >= 15 is 0 Å². The lowest BCUT2D eigenvalue weighted by Crippen LogP contribution is -2.36. The summed E-state index contributed by atoms with van der Waals surface area (Å²) >= 11 is 6.53. The van der Waals surface area contributed by atoms with Gasteiger partial charge in [-0.3, -0.25) is 14.5 Å². The molecule has 0 aromatic heterocycles. The third-order valence-electron chi connectivity index (χ3n) is 4.54. The molecule has 3 rings (SSSR count). The summed E-state index contributed by atoms with van der Waals surface area (Å²) in [6, 6.07) is 13.2. The second-order valence-corrected chi connectivity index (χ2v) is 8.24. The third kappa shape index (κ3) is 5.05. The minimum atomic E-state index is -0.280. The maximum atomic E-state index is 12.7. The molecule has 1 aliphatic rings. The summed E-state index contributed by atoms with van der Waals surface area (Å²) in [5, 5.41) is 2.87. The number of rotatable bonds is 6. The Labute approximate surface area is 180 Å². The van der Waals surface area contributed by atoms with Crippen LogP contribution in [0.3, 0.4) is 0 Å². The molecule has 0 radical (unpaired) electrons. The average Bonchev–Trinajstić information content (AvgIpc) is 2.94. The second-order valence-electron chi connectivity index (χ2n) is 6.57. The van der Waals surface area contributed by atoms with Gasteiger partial charge in [0.05, 0.1) is 11.5 Å². The van der Waals surface area contributed by atoms with E-state index < -0.39 is 0 Å². The third-order valence-corrected chi connectivity index (χ3v) is 5.92. The van der Waals surface area contributed by atoms with Gasteiger partial charge in [0.15, 0.2) is 0 Å². The Balaban J connectivity index is 1.68. The maximum absolute atomic E-state index is 12.7. The summed E-state index contributed by atoms with van der Waals surface area (Å²) in [6.45, 7) is 6.35. The predicted octanol–water partition coefficient (Wildman–Crippen LogP) is 4.54. The number of nitrogens with one attached hydrogen (secondary N) is 1. The fraction of sp³-hybridized carbons (Fsp3) is 0.227. The fourth-order valence-electron chi connectivity index (χ4n) is 2.83. The molecule has 1 aliphatic heterocycles. The Morgan fingerprint density at radius 2 is 1.93 bits per heavy atom. The molecule has 1 heterocycles. The number of anilines is 1. The van der Waals surface area contributed by atoms with E-state index in [1.807, 2.05) is 63.2 Å². The number of aryl methyl sites for hydroxylation is 1. The second kappa shape index (κ2) is 9.24. The van der Waals surface area contributed by atoms with E-state index in [0.29, 0.717) is 15.8 Å². The molecule has 2 aromatic carbocycles. The molecular weight excluding hydrogens is 404 g/mol. The highest BCUT2D eigenvalue weighted by atomic mass is 32.2. The minimum absolute atomic E-state index is 0.112. The normalized spacial score (nSPS) is 15.1. The van der Waals surface area contributed by atoms with Crippen LogP contribution in [0, 0.1) is 13.8 Å². The Kier molecular flexibility index (Phi) is 6.71. The van der Waals surface area contributed by atoms with Crippen molar-refractivity contribution < 1.29 is 14.3 Å². The lowest BCUT2D eigenvalue weighted by molar-refractivity contribution is -0.126. The van der Waals surface area contributed by atoms with E-state index in [-0.39, 0.29) is 18.4 Å². The fourth-order valence-corrected chi connectivity index (χ4v) is 4.09. The molecule has 2 amide bonds. The molecule has 1 N–H and O–H groups in total. The number of hydrogen-bond donors (Lipinski definition) is 1. The van der Waals surface area contributed by atoms with E-state index in [4.69, 9.17) is 17.0 Å². The molecule has 29 heavy (non-hydrogen) atoms. The molecule has 2 aromatic rings. The summed E-state index contributed by atoms with van der Waals surface area (Å²) in [7, 11) is 0. The summed E-state index contributed by atoms with van der Waals surface area (Å²) in [5.74, 6) is 0.239. The lowest BCUT2D eigenvalue weighted by Gasteiger charge is -2.15. The molecule has 1 fully saturated rings. The summed E-state index contributed by atoms with van der Waals surface area (Å²) in [4.78, 5) is 27.1. The van der Waals surface area contributed by atoms with Crippen LogP contribution in [0.5, 0.6) is 5.75 Å². The number of ether oxygens (including phenoxy) is 1. The van der Waals surface area contributed by atoms with Gasteiger partial charge in [-0.2, -0.15) is 0 Å². The van der Waals surface area contributed by atoms with Crippen LogP contribution < -0.4 is 10.1 Å². The highest BCUT2D eigenvalue weighted by Gasteiger charge is 2.33. The highest BCUT2D eigenvalue weighted by molar-refractivity contribution is 8.26. The highest BCUT2D eigenvalue weighted by Crippen LogP contribution is 2.32. The monoisotopic (exact) mass is 426 g/mol. The van der Waals surface area contributed by atoms with Crippen LogP contribution in [0.15, 0.2) is 47.4 Å². The van der Waals surface area contributed by atoms with Crippen LogP contribution in [-0.2, 0) is 9.59 Å². The number of thiocarbonyl (C=S) groups is 1. The van der Waals surface area contributed by atoms with Gasteiger partial charge >= 0.3 is 0 Å². The first kappa shape index (κ1) is 21.1. The van der Waals surface area contributed by atoms with Gasteiger partial charge in [-0.1, -0.05) is 48.2 Å². The first-order valence-corrected chi connectivity index (χ1v) is 10.5. The maximum Gasteiger partial charge on any atom is 0.266 e. The standard InChI is InChI=1S/C22H22N2O3S2/c1-4-27-17-10-8-16(9-11-17)12-19-21(26)24(22(28)29-19)13-20(25)23-18-7-5-6-14(2)15(18)3/h5-12H,4,13H2,1-3H3,(H,23,25). The summed E-state index contributed by atoms with van der Waals surface area (Å²) in [6.07, 6.45) is 1.78. The van der Waals surface area contributed by atoms with E-state index in [1.165, 1.54) is 16.7 Å². The smallest absolute Gasteiger partial charge is 0.266 e. The SMILES string of the molecule is CCOc1ccc(C=C2SC(=S)N(CC(=O)Nc3cccc(C)c3C)C2=O)cc1. The summed E-state index contributed by atoms with van der Waals surface area (Å²) in [5.41, 5.74) is 3.70. The molecule has 5 nitrogen and oxygen atoms in total. The zero-order valence-corrected chi connectivity index (χ0v) is 18.2. The van der Waals surface area contributed by atoms with E-state index in [2.05, 4.69) is 5.32 Å². The number of nitrogens with zero attached hydrogens (tertiary/aromatic N) is 1. The van der Waals surface area contributed by atoms with Crippen LogP contribution in [-0.4, -0.2) is 34.2 Å². The van der Waals surface area contributed by atoms with Crippen LogP contribution in [0.25, 0.3) is 6.08 Å². The molecule has 0 aliphatic carbocycles. The van der Waals surface area contributed by atoms with E-state index in [1.54, 1.807) is 6.08 Å². The minimum Gasteiger partial charge on any atom is -0.494 e. The van der Waals surface area contributed by atoms with Gasteiger partial charge in [0.1, 0.15) is 16.6 Å². The van der Waals surface area contributed by atoms with Gasteiger partial charge < -0.3 is 10.1 Å². The number of carbonyl (C=O) groups is 2. The van der Waals surface area contributed by atoms with Crippen molar-refractivity contribution in [2.45, 2.75) is 20.8 Å². The van der Waals surface area contributed by atoms with Gasteiger partial charge in [0.25, 0.3) is 5.91 Å². The molecular formula is C22H22N2O3S2. The largest absolute Gasteiger partial charge is 0.494 e. The van der Waals surface area contributed by atoms with Crippen molar-refractivity contribution >= 4 is 51.9 Å². The van der Waals surface area contributed by atoms with Crippen LogP contribution in [0.4, 0.5) is 5.69 Å².